The van der Waals surface area contributed by atoms with E-state index in [4.69, 9.17) is 5.73 Å². The van der Waals surface area contributed by atoms with Crippen LogP contribution < -0.4 is 11.1 Å². The first kappa shape index (κ1) is 16.3. The Balaban J connectivity index is 2.07. The van der Waals surface area contributed by atoms with E-state index in [-0.39, 0.29) is 23.7 Å². The third-order valence-electron chi connectivity index (χ3n) is 3.57. The molecule has 0 atom stereocenters. The van der Waals surface area contributed by atoms with Gasteiger partial charge in [-0.25, -0.2) is 14.2 Å². The molecule has 25 heavy (non-hydrogen) atoms. The van der Waals surface area contributed by atoms with Crippen molar-refractivity contribution in [2.24, 2.45) is 5.73 Å². The Kier molecular flexibility index (Phi) is 4.22. The lowest BCUT2D eigenvalue weighted by atomic mass is 9.99. The fourth-order valence-corrected chi connectivity index (χ4v) is 2.41. The summed E-state index contributed by atoms with van der Waals surface area (Å²) in [6.07, 6.45) is 2.10. The highest BCUT2D eigenvalue weighted by molar-refractivity contribution is 6.35. The summed E-state index contributed by atoms with van der Waals surface area (Å²) in [5.41, 5.74) is 7.27. The van der Waals surface area contributed by atoms with Crippen LogP contribution in [-0.4, -0.2) is 28.6 Å². The molecule has 0 unspecified atom stereocenters. The number of imidazole rings is 1. The van der Waals surface area contributed by atoms with Gasteiger partial charge >= 0.3 is 6.09 Å². The van der Waals surface area contributed by atoms with Crippen molar-refractivity contribution in [2.45, 2.75) is 6.92 Å². The molecule has 4 N–H and O–H groups in total. The number of halogens is 1. The van der Waals surface area contributed by atoms with Gasteiger partial charge in [-0.15, -0.1) is 0 Å². The quantitative estimate of drug-likeness (QED) is 0.572. The zero-order valence-electron chi connectivity index (χ0n) is 13.1. The first-order chi connectivity index (χ1) is 12.0. The highest BCUT2D eigenvalue weighted by atomic mass is 19.1. The molecule has 1 aromatic heterocycles. The van der Waals surface area contributed by atoms with Crippen molar-refractivity contribution in [1.82, 2.24) is 9.97 Å². The molecule has 3 rings (SSSR count). The van der Waals surface area contributed by atoms with E-state index in [9.17, 15) is 14.0 Å². The first-order valence-electron chi connectivity index (χ1n) is 7.24. The number of hydrogen-bond donors (Lipinski definition) is 3. The zero-order valence-corrected chi connectivity index (χ0v) is 13.1. The van der Waals surface area contributed by atoms with E-state index in [1.807, 2.05) is 0 Å². The number of fused-ring (bicyclic) bond motifs is 1. The second kappa shape index (κ2) is 6.49. The van der Waals surface area contributed by atoms with Gasteiger partial charge < -0.3 is 20.8 Å². The molecule has 0 fully saturated rings. The smallest absolute Gasteiger partial charge is 0.405 e. The fourth-order valence-electron chi connectivity index (χ4n) is 2.41. The van der Waals surface area contributed by atoms with Crippen LogP contribution in [0.4, 0.5) is 14.9 Å². The van der Waals surface area contributed by atoms with Gasteiger partial charge in [0, 0.05) is 11.3 Å². The lowest BCUT2D eigenvalue weighted by Crippen LogP contribution is -2.12. The van der Waals surface area contributed by atoms with Crippen molar-refractivity contribution >= 4 is 29.3 Å². The Labute approximate surface area is 142 Å². The molecule has 2 heterocycles. The van der Waals surface area contributed by atoms with Crippen LogP contribution in [0.15, 0.2) is 18.5 Å². The van der Waals surface area contributed by atoms with E-state index < -0.39 is 11.9 Å². The van der Waals surface area contributed by atoms with E-state index in [0.717, 1.165) is 5.69 Å². The maximum absolute atomic E-state index is 14.3. The number of hydrogen-bond acceptors (Lipinski definition) is 4. The highest BCUT2D eigenvalue weighted by Crippen LogP contribution is 2.36. The summed E-state index contributed by atoms with van der Waals surface area (Å²) in [6.45, 7) is 1.53. The second-order valence-electron chi connectivity index (χ2n) is 5.18. The highest BCUT2D eigenvalue weighted by Gasteiger charge is 2.28. The third-order valence-corrected chi connectivity index (χ3v) is 3.57. The molecule has 7 nitrogen and oxygen atoms in total. The number of aryl methyl sites for hydroxylation is 1. The standard InChI is InChI=1S/C17H13FN4O3/c1-9-14(21-8-20-9)7-11-15-10(3-2-6-25-17(19)24)12(18)4-5-13(15)22-16(11)23/h4-5,7-8H,6H2,1H3,(H2,19,24)(H,20,21)(H,22,23). The van der Waals surface area contributed by atoms with E-state index in [0.29, 0.717) is 16.9 Å². The van der Waals surface area contributed by atoms with Crippen LogP contribution in [0.3, 0.4) is 0 Å². The van der Waals surface area contributed by atoms with E-state index in [1.165, 1.54) is 18.5 Å². The summed E-state index contributed by atoms with van der Waals surface area (Å²) in [7, 11) is 0. The molecule has 2 aromatic rings. The minimum absolute atomic E-state index is 0.0309. The van der Waals surface area contributed by atoms with E-state index in [1.54, 1.807) is 13.0 Å². The number of amides is 2. The van der Waals surface area contributed by atoms with Crippen molar-refractivity contribution in [1.29, 1.82) is 0 Å². The maximum Gasteiger partial charge on any atom is 0.405 e. The first-order valence-corrected chi connectivity index (χ1v) is 7.24. The predicted molar refractivity (Wildman–Crippen MR) is 88.6 cm³/mol. The monoisotopic (exact) mass is 340 g/mol. The van der Waals surface area contributed by atoms with Crippen LogP contribution in [-0.2, 0) is 9.53 Å². The number of H-pyrrole nitrogens is 1. The summed E-state index contributed by atoms with van der Waals surface area (Å²) < 4.78 is 18.8. The number of nitrogens with one attached hydrogen (secondary N) is 2. The minimum Gasteiger partial charge on any atom is -0.437 e. The van der Waals surface area contributed by atoms with E-state index in [2.05, 4.69) is 31.9 Å². The summed E-state index contributed by atoms with van der Waals surface area (Å²) in [5.74, 6) is 4.14. The van der Waals surface area contributed by atoms with Gasteiger partial charge in [0.25, 0.3) is 5.91 Å². The van der Waals surface area contributed by atoms with Crippen molar-refractivity contribution in [3.8, 4) is 11.8 Å². The van der Waals surface area contributed by atoms with E-state index >= 15 is 0 Å². The average Bonchev–Trinajstić information content (AvgIpc) is 3.10. The molecule has 0 radical (unpaired) electrons. The number of primary amides is 1. The van der Waals surface area contributed by atoms with Gasteiger partial charge in [-0.05, 0) is 25.1 Å². The maximum atomic E-state index is 14.3. The van der Waals surface area contributed by atoms with Gasteiger partial charge in [-0.3, -0.25) is 4.79 Å². The number of carbonyl (C=O) groups excluding carboxylic acids is 2. The Morgan fingerprint density at radius 2 is 2.28 bits per heavy atom. The summed E-state index contributed by atoms with van der Waals surface area (Å²) in [4.78, 5) is 29.9. The van der Waals surface area contributed by atoms with Gasteiger partial charge in [0.05, 0.1) is 28.8 Å². The van der Waals surface area contributed by atoms with Crippen LogP contribution in [0.25, 0.3) is 11.6 Å². The number of anilines is 1. The van der Waals surface area contributed by atoms with Crippen molar-refractivity contribution in [3.05, 3.63) is 46.8 Å². The van der Waals surface area contributed by atoms with Crippen LogP contribution in [0.1, 0.15) is 22.5 Å². The zero-order chi connectivity index (χ0) is 18.0. The fraction of sp³-hybridized carbons (Fsp3) is 0.118. The molecule has 126 valence electrons. The van der Waals surface area contributed by atoms with Crippen LogP contribution in [0, 0.1) is 24.6 Å². The molecule has 2 amide bonds. The topological polar surface area (TPSA) is 110 Å². The Morgan fingerprint density at radius 1 is 1.48 bits per heavy atom. The Bertz CT molecular complexity index is 966. The number of ether oxygens (including phenoxy) is 1. The number of rotatable bonds is 2. The van der Waals surface area contributed by atoms with Crippen molar-refractivity contribution in [3.63, 3.8) is 0 Å². The lowest BCUT2D eigenvalue weighted by Gasteiger charge is -2.04. The predicted octanol–water partition coefficient (Wildman–Crippen LogP) is 1.80. The minimum atomic E-state index is -0.973. The van der Waals surface area contributed by atoms with Crippen molar-refractivity contribution < 1.29 is 18.7 Å². The number of nitrogens with two attached hydrogens (primary N) is 1. The SMILES string of the molecule is Cc1[nH]cnc1C=C1C(=O)Nc2ccc(F)c(C#CCOC(N)=O)c21. The summed E-state index contributed by atoms with van der Waals surface area (Å²) >= 11 is 0. The molecular weight excluding hydrogens is 327 g/mol. The molecule has 0 saturated heterocycles. The molecule has 1 aromatic carbocycles. The number of aromatic nitrogens is 2. The van der Waals surface area contributed by atoms with Gasteiger partial charge in [0.1, 0.15) is 5.82 Å². The van der Waals surface area contributed by atoms with Crippen LogP contribution >= 0.6 is 0 Å². The summed E-state index contributed by atoms with van der Waals surface area (Å²) in [5, 5.41) is 2.67. The molecule has 0 aliphatic carbocycles. The largest absolute Gasteiger partial charge is 0.437 e. The molecule has 0 saturated carbocycles. The molecule has 8 heteroatoms. The number of aromatic amines is 1. The second-order valence-corrected chi connectivity index (χ2v) is 5.18. The van der Waals surface area contributed by atoms with Gasteiger partial charge in [0.15, 0.2) is 6.61 Å². The molecule has 0 spiro atoms. The number of nitrogens with zero attached hydrogens (tertiary/aromatic N) is 1. The summed E-state index contributed by atoms with van der Waals surface area (Å²) in [6, 6.07) is 2.67. The lowest BCUT2D eigenvalue weighted by molar-refractivity contribution is -0.110. The number of benzene rings is 1. The molecule has 1 aliphatic rings. The van der Waals surface area contributed by atoms with Gasteiger partial charge in [0.2, 0.25) is 0 Å². The van der Waals surface area contributed by atoms with Crippen LogP contribution in [0.5, 0.6) is 0 Å². The Morgan fingerprint density at radius 3 is 2.96 bits per heavy atom. The van der Waals surface area contributed by atoms with Crippen LogP contribution in [0.2, 0.25) is 0 Å². The van der Waals surface area contributed by atoms with Crippen molar-refractivity contribution in [2.75, 3.05) is 11.9 Å². The molecule has 0 bridgehead atoms. The van der Waals surface area contributed by atoms with Gasteiger partial charge in [-0.1, -0.05) is 11.8 Å². The third kappa shape index (κ3) is 3.21. The Hall–Kier alpha value is -3.60. The molecule has 1 aliphatic heterocycles. The van der Waals surface area contributed by atoms with Gasteiger partial charge in [-0.2, -0.15) is 0 Å². The molecular formula is C17H13FN4O3. The number of carbonyl (C=O) groups is 2. The average molecular weight is 340 g/mol. The normalized spacial score (nSPS) is 13.8.